The number of ether oxygens (including phenoxy) is 2. The molecule has 2 fully saturated rings. The molecule has 7 heteroatoms. The van der Waals surface area contributed by atoms with Crippen molar-refractivity contribution in [3.8, 4) is 5.75 Å². The maximum atomic E-state index is 12.8. The van der Waals surface area contributed by atoms with Crippen molar-refractivity contribution in [3.63, 3.8) is 0 Å². The molecule has 0 aliphatic carbocycles. The van der Waals surface area contributed by atoms with Gasteiger partial charge in [-0.1, -0.05) is 12.1 Å². The van der Waals surface area contributed by atoms with Crippen LogP contribution in [0.2, 0.25) is 0 Å². The van der Waals surface area contributed by atoms with E-state index in [9.17, 15) is 9.59 Å². The van der Waals surface area contributed by atoms with Gasteiger partial charge in [-0.2, -0.15) is 0 Å². The molecule has 2 heterocycles. The van der Waals surface area contributed by atoms with Crippen molar-refractivity contribution in [2.45, 2.75) is 13.0 Å². The van der Waals surface area contributed by atoms with Gasteiger partial charge in [-0.3, -0.25) is 9.59 Å². The molecular formula is C18H25N3O4. The predicted molar refractivity (Wildman–Crippen MR) is 92.7 cm³/mol. The number of amides is 2. The highest BCUT2D eigenvalue weighted by Gasteiger charge is 2.30. The van der Waals surface area contributed by atoms with Gasteiger partial charge in [0, 0.05) is 32.7 Å². The van der Waals surface area contributed by atoms with E-state index in [4.69, 9.17) is 9.47 Å². The Morgan fingerprint density at radius 1 is 1.20 bits per heavy atom. The summed E-state index contributed by atoms with van der Waals surface area (Å²) in [5, 5.41) is 3.18. The lowest BCUT2D eigenvalue weighted by Gasteiger charge is -2.37. The van der Waals surface area contributed by atoms with Crippen molar-refractivity contribution in [1.82, 2.24) is 15.1 Å². The van der Waals surface area contributed by atoms with Gasteiger partial charge in [0.05, 0.1) is 25.4 Å². The minimum Gasteiger partial charge on any atom is -0.493 e. The molecule has 7 nitrogen and oxygen atoms in total. The normalized spacial score (nSPS) is 21.1. The molecule has 0 radical (unpaired) electrons. The van der Waals surface area contributed by atoms with Gasteiger partial charge in [0.25, 0.3) is 5.91 Å². The van der Waals surface area contributed by atoms with Crippen LogP contribution >= 0.6 is 0 Å². The van der Waals surface area contributed by atoms with Gasteiger partial charge in [-0.15, -0.1) is 0 Å². The minimum absolute atomic E-state index is 0.0460. The lowest BCUT2D eigenvalue weighted by Crippen LogP contribution is -2.57. The van der Waals surface area contributed by atoms with Crippen molar-refractivity contribution in [3.05, 3.63) is 29.8 Å². The van der Waals surface area contributed by atoms with E-state index in [1.807, 2.05) is 30.0 Å². The third-order valence-corrected chi connectivity index (χ3v) is 4.52. The molecule has 0 bridgehead atoms. The Labute approximate surface area is 147 Å². The molecular weight excluding hydrogens is 322 g/mol. The summed E-state index contributed by atoms with van der Waals surface area (Å²) >= 11 is 0. The number of carbonyl (C=O) groups excluding carboxylic acids is 2. The summed E-state index contributed by atoms with van der Waals surface area (Å²) in [5.41, 5.74) is 0.575. The van der Waals surface area contributed by atoms with Crippen molar-refractivity contribution in [2.24, 2.45) is 0 Å². The van der Waals surface area contributed by atoms with Gasteiger partial charge in [0.1, 0.15) is 11.8 Å². The van der Waals surface area contributed by atoms with Crippen LogP contribution < -0.4 is 10.1 Å². The molecule has 1 atom stereocenters. The van der Waals surface area contributed by atoms with Crippen molar-refractivity contribution >= 4 is 11.8 Å². The van der Waals surface area contributed by atoms with Crippen LogP contribution in [-0.4, -0.2) is 80.2 Å². The van der Waals surface area contributed by atoms with Crippen LogP contribution in [0, 0.1) is 0 Å². The van der Waals surface area contributed by atoms with Crippen molar-refractivity contribution in [1.29, 1.82) is 0 Å². The first-order chi connectivity index (χ1) is 12.2. The average molecular weight is 347 g/mol. The molecule has 2 aliphatic heterocycles. The molecule has 2 amide bonds. The molecule has 25 heavy (non-hydrogen) atoms. The van der Waals surface area contributed by atoms with Gasteiger partial charge in [-0.25, -0.2) is 0 Å². The topological polar surface area (TPSA) is 71.1 Å². The van der Waals surface area contributed by atoms with Gasteiger partial charge in [0.2, 0.25) is 5.91 Å². The Hall–Kier alpha value is -2.12. The largest absolute Gasteiger partial charge is 0.493 e. The SMILES string of the molecule is CCOc1ccccc1C(=O)N1CCN(C(=O)C2COCCN2)CC1. The van der Waals surface area contributed by atoms with E-state index in [1.165, 1.54) is 0 Å². The molecule has 1 aromatic rings. The van der Waals surface area contributed by atoms with E-state index < -0.39 is 0 Å². The highest BCUT2D eigenvalue weighted by Crippen LogP contribution is 2.20. The Morgan fingerprint density at radius 3 is 2.60 bits per heavy atom. The van der Waals surface area contributed by atoms with E-state index in [2.05, 4.69) is 5.32 Å². The van der Waals surface area contributed by atoms with Crippen LogP contribution in [-0.2, 0) is 9.53 Å². The quantitative estimate of drug-likeness (QED) is 0.851. The van der Waals surface area contributed by atoms with Crippen molar-refractivity contribution < 1.29 is 19.1 Å². The predicted octanol–water partition coefficient (Wildman–Crippen LogP) is 0.358. The zero-order valence-corrected chi connectivity index (χ0v) is 14.6. The molecule has 2 saturated heterocycles. The third kappa shape index (κ3) is 4.11. The second kappa shape index (κ2) is 8.31. The molecule has 1 unspecified atom stereocenters. The zero-order chi connectivity index (χ0) is 17.6. The Bertz CT molecular complexity index is 608. The zero-order valence-electron chi connectivity index (χ0n) is 14.6. The summed E-state index contributed by atoms with van der Waals surface area (Å²) in [6, 6.07) is 7.02. The highest BCUT2D eigenvalue weighted by molar-refractivity contribution is 5.97. The molecule has 0 spiro atoms. The first kappa shape index (κ1) is 17.7. The first-order valence-corrected chi connectivity index (χ1v) is 8.81. The number of benzene rings is 1. The number of rotatable bonds is 4. The first-order valence-electron chi connectivity index (χ1n) is 8.81. The number of hydrogen-bond acceptors (Lipinski definition) is 5. The van der Waals surface area contributed by atoms with Crippen LogP contribution in [0.15, 0.2) is 24.3 Å². The van der Waals surface area contributed by atoms with Gasteiger partial charge < -0.3 is 24.6 Å². The molecule has 0 aromatic heterocycles. The monoisotopic (exact) mass is 347 g/mol. The van der Waals surface area contributed by atoms with E-state index >= 15 is 0 Å². The summed E-state index contributed by atoms with van der Waals surface area (Å²) in [5.74, 6) is 0.619. The highest BCUT2D eigenvalue weighted by atomic mass is 16.5. The number of carbonyl (C=O) groups is 2. The molecule has 136 valence electrons. The summed E-state index contributed by atoms with van der Waals surface area (Å²) in [7, 11) is 0. The number of hydrogen-bond donors (Lipinski definition) is 1. The molecule has 1 aromatic carbocycles. The summed E-state index contributed by atoms with van der Waals surface area (Å²) in [6.45, 7) is 6.31. The fraction of sp³-hybridized carbons (Fsp3) is 0.556. The van der Waals surface area contributed by atoms with Gasteiger partial charge in [-0.05, 0) is 19.1 Å². The van der Waals surface area contributed by atoms with E-state index in [0.29, 0.717) is 63.9 Å². The number of nitrogens with zero attached hydrogens (tertiary/aromatic N) is 2. The average Bonchev–Trinajstić information content (AvgIpc) is 2.68. The van der Waals surface area contributed by atoms with Gasteiger partial charge >= 0.3 is 0 Å². The lowest BCUT2D eigenvalue weighted by atomic mass is 10.1. The summed E-state index contributed by atoms with van der Waals surface area (Å²) < 4.78 is 10.9. The van der Waals surface area contributed by atoms with Crippen LogP contribution in [0.4, 0.5) is 0 Å². The van der Waals surface area contributed by atoms with Gasteiger partial charge in [0.15, 0.2) is 0 Å². The fourth-order valence-electron chi connectivity index (χ4n) is 3.17. The molecule has 2 aliphatic rings. The second-order valence-electron chi connectivity index (χ2n) is 6.13. The van der Waals surface area contributed by atoms with Crippen LogP contribution in [0.5, 0.6) is 5.75 Å². The summed E-state index contributed by atoms with van der Waals surface area (Å²) in [6.07, 6.45) is 0. The number of piperazine rings is 1. The lowest BCUT2D eigenvalue weighted by molar-refractivity contribution is -0.137. The van der Waals surface area contributed by atoms with Crippen LogP contribution in [0.1, 0.15) is 17.3 Å². The number of nitrogens with one attached hydrogen (secondary N) is 1. The molecule has 0 saturated carbocycles. The van der Waals surface area contributed by atoms with Crippen LogP contribution in [0.25, 0.3) is 0 Å². The third-order valence-electron chi connectivity index (χ3n) is 4.52. The Morgan fingerprint density at radius 2 is 1.92 bits per heavy atom. The Kier molecular flexibility index (Phi) is 5.88. The number of para-hydroxylation sites is 1. The smallest absolute Gasteiger partial charge is 0.257 e. The van der Waals surface area contributed by atoms with Crippen molar-refractivity contribution in [2.75, 3.05) is 52.5 Å². The van der Waals surface area contributed by atoms with E-state index in [0.717, 1.165) is 0 Å². The molecule has 1 N–H and O–H groups in total. The summed E-state index contributed by atoms with van der Waals surface area (Å²) in [4.78, 5) is 28.9. The van der Waals surface area contributed by atoms with Crippen LogP contribution in [0.3, 0.4) is 0 Å². The fourth-order valence-corrected chi connectivity index (χ4v) is 3.17. The number of morpholine rings is 1. The minimum atomic E-state index is -0.269. The molecule has 3 rings (SSSR count). The second-order valence-corrected chi connectivity index (χ2v) is 6.13. The van der Waals surface area contributed by atoms with E-state index in [-0.39, 0.29) is 17.9 Å². The maximum Gasteiger partial charge on any atom is 0.257 e. The Balaban J connectivity index is 1.58. The maximum absolute atomic E-state index is 12.8. The standard InChI is InChI=1S/C18H25N3O4/c1-2-25-16-6-4-3-5-14(16)17(22)20-8-10-21(11-9-20)18(23)15-13-24-12-7-19-15/h3-6,15,19H,2,7-13H2,1H3. The van der Waals surface area contributed by atoms with E-state index in [1.54, 1.807) is 11.0 Å².